The molecule has 1 aliphatic heterocycles. The molecule has 1 aliphatic rings. The van der Waals surface area contributed by atoms with Crippen molar-refractivity contribution in [1.82, 2.24) is 4.31 Å². The Morgan fingerprint density at radius 2 is 1.83 bits per heavy atom. The monoisotopic (exact) mass is 495 g/mol. The van der Waals surface area contributed by atoms with Gasteiger partial charge in [0.1, 0.15) is 11.9 Å². The largest absolute Gasteiger partial charge is 0.496 e. The number of methoxy groups -OCH3 is 1. The average molecular weight is 496 g/mol. The third-order valence-electron chi connectivity index (χ3n) is 5.40. The second kappa shape index (κ2) is 9.81. The van der Waals surface area contributed by atoms with Gasteiger partial charge in [0.05, 0.1) is 24.2 Å². The van der Waals surface area contributed by atoms with Crippen molar-refractivity contribution >= 4 is 26.0 Å². The standard InChI is InChI=1S/C23H30BrNO4S/c1-16(2)13-21-23(20-7-5-6-8-22(20)28-4)29-18(14-24)15-25(21)30(26,27)19-11-9-17(3)10-12-19/h5-12,16,18,21,23H,13-15H2,1-4H3/t18-,21-,23+/m0/s1. The Balaban J connectivity index is 2.10. The zero-order valence-corrected chi connectivity index (χ0v) is 20.3. The molecule has 0 spiro atoms. The fraction of sp³-hybridized carbons (Fsp3) is 0.478. The lowest BCUT2D eigenvalue weighted by molar-refractivity contribution is -0.0913. The van der Waals surface area contributed by atoms with Crippen molar-refractivity contribution in [1.29, 1.82) is 0 Å². The number of hydrogen-bond donors (Lipinski definition) is 0. The minimum atomic E-state index is -3.69. The van der Waals surface area contributed by atoms with Crippen LogP contribution in [0.5, 0.6) is 5.75 Å². The fourth-order valence-corrected chi connectivity index (χ4v) is 5.97. The Kier molecular flexibility index (Phi) is 7.61. The summed E-state index contributed by atoms with van der Waals surface area (Å²) in [6.07, 6.45) is 0.00614. The maximum atomic E-state index is 13.7. The van der Waals surface area contributed by atoms with E-state index in [4.69, 9.17) is 9.47 Å². The first-order chi connectivity index (χ1) is 14.3. The van der Waals surface area contributed by atoms with Crippen LogP contribution in [-0.4, -0.2) is 43.9 Å². The summed E-state index contributed by atoms with van der Waals surface area (Å²) in [4.78, 5) is 0.316. The highest BCUT2D eigenvalue weighted by atomic mass is 79.9. The molecule has 0 N–H and O–H groups in total. The number of sulfonamides is 1. The summed E-state index contributed by atoms with van der Waals surface area (Å²) >= 11 is 3.50. The lowest BCUT2D eigenvalue weighted by atomic mass is 9.92. The van der Waals surface area contributed by atoms with Gasteiger partial charge in [-0.3, -0.25) is 0 Å². The van der Waals surface area contributed by atoms with E-state index < -0.39 is 16.1 Å². The van der Waals surface area contributed by atoms with Crippen LogP contribution in [0.25, 0.3) is 0 Å². The first-order valence-corrected chi connectivity index (χ1v) is 12.8. The quantitative estimate of drug-likeness (QED) is 0.510. The van der Waals surface area contributed by atoms with Crippen LogP contribution >= 0.6 is 15.9 Å². The summed E-state index contributed by atoms with van der Waals surface area (Å²) in [6, 6.07) is 14.4. The SMILES string of the molecule is COc1ccccc1[C@H]1O[C@@H](CBr)CN(S(=O)(=O)c2ccc(C)cc2)[C@H]1CC(C)C. The van der Waals surface area contributed by atoms with E-state index >= 15 is 0 Å². The molecule has 0 unspecified atom stereocenters. The van der Waals surface area contributed by atoms with Crippen molar-refractivity contribution in [3.63, 3.8) is 0 Å². The van der Waals surface area contributed by atoms with Crippen molar-refractivity contribution in [3.8, 4) is 5.75 Å². The normalized spacial score (nSPS) is 22.9. The van der Waals surface area contributed by atoms with Gasteiger partial charge in [-0.15, -0.1) is 0 Å². The molecule has 2 aromatic rings. The van der Waals surface area contributed by atoms with Crippen molar-refractivity contribution in [3.05, 3.63) is 59.7 Å². The predicted octanol–water partition coefficient (Wildman–Crippen LogP) is 4.94. The zero-order chi connectivity index (χ0) is 21.9. The highest BCUT2D eigenvalue weighted by Crippen LogP contribution is 2.41. The first kappa shape index (κ1) is 23.3. The number of aryl methyl sites for hydroxylation is 1. The van der Waals surface area contributed by atoms with Gasteiger partial charge in [0, 0.05) is 17.4 Å². The number of alkyl halides is 1. The molecule has 164 valence electrons. The maximum Gasteiger partial charge on any atom is 0.243 e. The number of rotatable bonds is 7. The van der Waals surface area contributed by atoms with Gasteiger partial charge < -0.3 is 9.47 Å². The summed E-state index contributed by atoms with van der Waals surface area (Å²) in [5, 5.41) is 0.549. The lowest BCUT2D eigenvalue weighted by Crippen LogP contribution is -2.54. The molecular weight excluding hydrogens is 466 g/mol. The predicted molar refractivity (Wildman–Crippen MR) is 123 cm³/mol. The zero-order valence-electron chi connectivity index (χ0n) is 17.9. The van der Waals surface area contributed by atoms with E-state index in [1.807, 2.05) is 43.3 Å². The highest BCUT2D eigenvalue weighted by Gasteiger charge is 2.44. The van der Waals surface area contributed by atoms with Crippen LogP contribution < -0.4 is 4.74 Å². The molecule has 0 aliphatic carbocycles. The summed E-state index contributed by atoms with van der Waals surface area (Å²) in [6.45, 7) is 6.47. The molecule has 1 heterocycles. The molecule has 0 amide bonds. The van der Waals surface area contributed by atoms with Gasteiger partial charge in [-0.1, -0.05) is 65.7 Å². The van der Waals surface area contributed by atoms with Crippen LogP contribution in [0.2, 0.25) is 0 Å². The Labute approximate surface area is 188 Å². The highest BCUT2D eigenvalue weighted by molar-refractivity contribution is 9.09. The van der Waals surface area contributed by atoms with E-state index in [0.29, 0.717) is 34.9 Å². The van der Waals surface area contributed by atoms with Crippen LogP contribution in [0.4, 0.5) is 0 Å². The van der Waals surface area contributed by atoms with Crippen molar-refractivity contribution < 1.29 is 17.9 Å². The maximum absolute atomic E-state index is 13.7. The molecular formula is C23H30BrNO4S. The van der Waals surface area contributed by atoms with Gasteiger partial charge in [0.15, 0.2) is 0 Å². The number of nitrogens with zero attached hydrogens (tertiary/aromatic N) is 1. The van der Waals surface area contributed by atoms with Crippen LogP contribution in [0.15, 0.2) is 53.4 Å². The molecule has 0 saturated carbocycles. The smallest absolute Gasteiger partial charge is 0.243 e. The Hall–Kier alpha value is -1.41. The number of halogens is 1. The molecule has 1 saturated heterocycles. The number of morpholine rings is 1. The molecule has 5 nitrogen and oxygen atoms in total. The van der Waals surface area contributed by atoms with E-state index in [2.05, 4.69) is 29.8 Å². The third-order valence-corrected chi connectivity index (χ3v) is 8.03. The molecule has 3 atom stereocenters. The number of para-hydroxylation sites is 1. The fourth-order valence-electron chi connectivity index (χ4n) is 3.94. The first-order valence-electron chi connectivity index (χ1n) is 10.2. The molecule has 0 bridgehead atoms. The molecule has 0 aromatic heterocycles. The molecule has 7 heteroatoms. The number of benzene rings is 2. The molecule has 1 fully saturated rings. The van der Waals surface area contributed by atoms with Crippen molar-refractivity contribution in [2.75, 3.05) is 19.0 Å². The third kappa shape index (κ3) is 4.90. The summed E-state index contributed by atoms with van der Waals surface area (Å²) in [5.74, 6) is 1.01. The Morgan fingerprint density at radius 1 is 1.17 bits per heavy atom. The average Bonchev–Trinajstić information content (AvgIpc) is 2.73. The number of ether oxygens (including phenoxy) is 2. The summed E-state index contributed by atoms with van der Waals surface area (Å²) < 4.78 is 41.1. The van der Waals surface area contributed by atoms with E-state index in [1.165, 1.54) is 0 Å². The van der Waals surface area contributed by atoms with Gasteiger partial charge in [-0.2, -0.15) is 4.31 Å². The topological polar surface area (TPSA) is 55.8 Å². The van der Waals surface area contributed by atoms with Gasteiger partial charge in [-0.25, -0.2) is 8.42 Å². The Morgan fingerprint density at radius 3 is 2.43 bits per heavy atom. The van der Waals surface area contributed by atoms with E-state index in [1.54, 1.807) is 23.5 Å². The van der Waals surface area contributed by atoms with Crippen LogP contribution in [-0.2, 0) is 14.8 Å². The molecule has 30 heavy (non-hydrogen) atoms. The number of hydrogen-bond acceptors (Lipinski definition) is 4. The van der Waals surface area contributed by atoms with E-state index in [9.17, 15) is 8.42 Å². The minimum Gasteiger partial charge on any atom is -0.496 e. The van der Waals surface area contributed by atoms with Crippen LogP contribution in [0.1, 0.15) is 37.5 Å². The van der Waals surface area contributed by atoms with E-state index in [0.717, 1.165) is 11.1 Å². The lowest BCUT2D eigenvalue weighted by Gasteiger charge is -2.44. The Bertz CT molecular complexity index is 946. The van der Waals surface area contributed by atoms with E-state index in [-0.39, 0.29) is 12.1 Å². The minimum absolute atomic E-state index is 0.261. The molecule has 0 radical (unpaired) electrons. The summed E-state index contributed by atoms with van der Waals surface area (Å²) in [7, 11) is -2.06. The molecule has 3 rings (SSSR count). The summed E-state index contributed by atoms with van der Waals surface area (Å²) in [5.41, 5.74) is 1.90. The second-order valence-electron chi connectivity index (χ2n) is 8.16. The van der Waals surface area contributed by atoms with Crippen molar-refractivity contribution in [2.45, 2.75) is 50.3 Å². The van der Waals surface area contributed by atoms with Gasteiger partial charge >= 0.3 is 0 Å². The van der Waals surface area contributed by atoms with Crippen molar-refractivity contribution in [2.24, 2.45) is 5.92 Å². The van der Waals surface area contributed by atoms with Gasteiger partial charge in [-0.05, 0) is 37.5 Å². The van der Waals surface area contributed by atoms with Crippen LogP contribution in [0, 0.1) is 12.8 Å². The van der Waals surface area contributed by atoms with Gasteiger partial charge in [0.2, 0.25) is 10.0 Å². The van der Waals surface area contributed by atoms with Crippen LogP contribution in [0.3, 0.4) is 0 Å². The molecule has 2 aromatic carbocycles. The van der Waals surface area contributed by atoms with Gasteiger partial charge in [0.25, 0.3) is 0 Å². The second-order valence-corrected chi connectivity index (χ2v) is 10.7.